The molecule has 2 rings (SSSR count). The van der Waals surface area contributed by atoms with Crippen LogP contribution in [0, 0.1) is 0 Å². The summed E-state index contributed by atoms with van der Waals surface area (Å²) in [4.78, 5) is 25.1. The Morgan fingerprint density at radius 1 is 1.07 bits per heavy atom. The number of methoxy groups -OCH3 is 1. The molecule has 2 N–H and O–H groups in total. The molecule has 0 fully saturated rings. The molecule has 2 aromatic carbocycles. The third-order valence-electron chi connectivity index (χ3n) is 4.24. The van der Waals surface area contributed by atoms with Gasteiger partial charge in [0, 0.05) is 25.8 Å². The molecule has 2 aromatic rings. The standard InChI is InChI=1S/C22H28N2O4/c1-4-16(2)28-18-10-7-9-17(15-18)21(25)24-20-12-6-5-11-19(20)22(26)23-13-8-14-27-3/h5-7,9-12,15-16H,4,8,13-14H2,1-3H3,(H,23,26)(H,24,25). The maximum absolute atomic E-state index is 12.7. The van der Waals surface area contributed by atoms with Crippen LogP contribution in [-0.2, 0) is 4.74 Å². The number of ether oxygens (including phenoxy) is 2. The summed E-state index contributed by atoms with van der Waals surface area (Å²) in [6, 6.07) is 14.0. The number of hydrogen-bond acceptors (Lipinski definition) is 4. The van der Waals surface area contributed by atoms with Crippen LogP contribution in [0.3, 0.4) is 0 Å². The van der Waals surface area contributed by atoms with Gasteiger partial charge in [0.25, 0.3) is 11.8 Å². The lowest BCUT2D eigenvalue weighted by atomic mass is 10.1. The number of rotatable bonds is 10. The number of anilines is 1. The van der Waals surface area contributed by atoms with Gasteiger partial charge in [0.1, 0.15) is 5.75 Å². The summed E-state index contributed by atoms with van der Waals surface area (Å²) in [5.74, 6) is 0.112. The van der Waals surface area contributed by atoms with Crippen LogP contribution in [-0.4, -0.2) is 38.2 Å². The van der Waals surface area contributed by atoms with E-state index < -0.39 is 0 Å². The van der Waals surface area contributed by atoms with Gasteiger partial charge in [0.2, 0.25) is 0 Å². The van der Waals surface area contributed by atoms with E-state index in [1.807, 2.05) is 19.9 Å². The second-order valence-electron chi connectivity index (χ2n) is 6.47. The predicted molar refractivity (Wildman–Crippen MR) is 110 cm³/mol. The molecule has 0 radical (unpaired) electrons. The lowest BCUT2D eigenvalue weighted by molar-refractivity contribution is 0.0949. The van der Waals surface area contributed by atoms with Crippen LogP contribution in [0.25, 0.3) is 0 Å². The van der Waals surface area contributed by atoms with Gasteiger partial charge in [-0.2, -0.15) is 0 Å². The van der Waals surface area contributed by atoms with E-state index in [0.29, 0.717) is 35.7 Å². The van der Waals surface area contributed by atoms with Crippen molar-refractivity contribution in [1.82, 2.24) is 5.32 Å². The molecule has 2 amide bonds. The molecule has 28 heavy (non-hydrogen) atoms. The van der Waals surface area contributed by atoms with E-state index in [9.17, 15) is 9.59 Å². The summed E-state index contributed by atoms with van der Waals surface area (Å²) in [5.41, 5.74) is 1.35. The average molecular weight is 384 g/mol. The first-order valence-electron chi connectivity index (χ1n) is 9.49. The van der Waals surface area contributed by atoms with Crippen molar-refractivity contribution in [3.05, 3.63) is 59.7 Å². The number of carbonyl (C=O) groups is 2. The highest BCUT2D eigenvalue weighted by molar-refractivity contribution is 6.09. The molecule has 0 bridgehead atoms. The summed E-state index contributed by atoms with van der Waals surface area (Å²) in [5, 5.41) is 5.66. The molecular weight excluding hydrogens is 356 g/mol. The third-order valence-corrected chi connectivity index (χ3v) is 4.24. The zero-order valence-corrected chi connectivity index (χ0v) is 16.7. The summed E-state index contributed by atoms with van der Waals surface area (Å²) in [6.07, 6.45) is 1.67. The van der Waals surface area contributed by atoms with Crippen molar-refractivity contribution in [2.45, 2.75) is 32.8 Å². The molecule has 1 atom stereocenters. The van der Waals surface area contributed by atoms with Crippen molar-refractivity contribution < 1.29 is 19.1 Å². The highest BCUT2D eigenvalue weighted by atomic mass is 16.5. The lowest BCUT2D eigenvalue weighted by Crippen LogP contribution is -2.26. The van der Waals surface area contributed by atoms with Gasteiger partial charge >= 0.3 is 0 Å². The Bertz CT molecular complexity index is 792. The molecule has 0 aromatic heterocycles. The molecule has 6 nitrogen and oxygen atoms in total. The molecule has 1 unspecified atom stereocenters. The molecule has 0 aliphatic rings. The van der Waals surface area contributed by atoms with Crippen molar-refractivity contribution in [3.63, 3.8) is 0 Å². The molecule has 0 saturated heterocycles. The average Bonchev–Trinajstić information content (AvgIpc) is 2.71. The number of para-hydroxylation sites is 1. The largest absolute Gasteiger partial charge is 0.491 e. The number of benzene rings is 2. The van der Waals surface area contributed by atoms with Gasteiger partial charge in [-0.3, -0.25) is 9.59 Å². The molecule has 6 heteroatoms. The first-order valence-corrected chi connectivity index (χ1v) is 9.49. The molecular formula is C22H28N2O4. The minimum atomic E-state index is -0.297. The normalized spacial score (nSPS) is 11.5. The summed E-state index contributed by atoms with van der Waals surface area (Å²) < 4.78 is 10.8. The molecule has 150 valence electrons. The Kier molecular flexibility index (Phi) is 8.49. The van der Waals surface area contributed by atoms with E-state index in [1.165, 1.54) is 0 Å². The van der Waals surface area contributed by atoms with E-state index in [2.05, 4.69) is 10.6 Å². The van der Waals surface area contributed by atoms with E-state index in [1.54, 1.807) is 49.6 Å². The second-order valence-corrected chi connectivity index (χ2v) is 6.47. The van der Waals surface area contributed by atoms with E-state index in [4.69, 9.17) is 9.47 Å². The summed E-state index contributed by atoms with van der Waals surface area (Å²) in [7, 11) is 1.62. The maximum atomic E-state index is 12.7. The minimum absolute atomic E-state index is 0.0702. The third kappa shape index (κ3) is 6.39. The monoisotopic (exact) mass is 384 g/mol. The van der Waals surface area contributed by atoms with Gasteiger partial charge in [-0.15, -0.1) is 0 Å². The minimum Gasteiger partial charge on any atom is -0.491 e. The van der Waals surface area contributed by atoms with Crippen LogP contribution in [0.15, 0.2) is 48.5 Å². The van der Waals surface area contributed by atoms with Crippen LogP contribution in [0.4, 0.5) is 5.69 Å². The predicted octanol–water partition coefficient (Wildman–Crippen LogP) is 3.88. The van der Waals surface area contributed by atoms with Crippen LogP contribution >= 0.6 is 0 Å². The fraction of sp³-hybridized carbons (Fsp3) is 0.364. The smallest absolute Gasteiger partial charge is 0.255 e. The molecule has 0 aliphatic carbocycles. The number of carbonyl (C=O) groups excluding carboxylic acids is 2. The fourth-order valence-electron chi connectivity index (χ4n) is 2.52. The topological polar surface area (TPSA) is 76.7 Å². The Morgan fingerprint density at radius 3 is 2.61 bits per heavy atom. The van der Waals surface area contributed by atoms with Crippen molar-refractivity contribution in [2.24, 2.45) is 0 Å². The van der Waals surface area contributed by atoms with Gasteiger partial charge in [-0.25, -0.2) is 0 Å². The van der Waals surface area contributed by atoms with Gasteiger partial charge in [0.15, 0.2) is 0 Å². The Balaban J connectivity index is 2.08. The van der Waals surface area contributed by atoms with Gasteiger partial charge < -0.3 is 20.1 Å². The highest BCUT2D eigenvalue weighted by Crippen LogP contribution is 2.19. The van der Waals surface area contributed by atoms with E-state index in [-0.39, 0.29) is 17.9 Å². The van der Waals surface area contributed by atoms with Gasteiger partial charge in [-0.05, 0) is 50.1 Å². The first kappa shape index (κ1) is 21.4. The number of nitrogens with one attached hydrogen (secondary N) is 2. The fourth-order valence-corrected chi connectivity index (χ4v) is 2.52. The number of amides is 2. The summed E-state index contributed by atoms with van der Waals surface area (Å²) in [6.45, 7) is 5.10. The second kappa shape index (κ2) is 11.1. The molecule has 0 saturated carbocycles. The van der Waals surface area contributed by atoms with Crippen molar-refractivity contribution in [1.29, 1.82) is 0 Å². The van der Waals surface area contributed by atoms with Crippen molar-refractivity contribution in [3.8, 4) is 5.75 Å². The first-order chi connectivity index (χ1) is 13.5. The van der Waals surface area contributed by atoms with Crippen molar-refractivity contribution in [2.75, 3.05) is 25.6 Å². The van der Waals surface area contributed by atoms with E-state index in [0.717, 1.165) is 12.8 Å². The van der Waals surface area contributed by atoms with Gasteiger partial charge in [-0.1, -0.05) is 25.1 Å². The SMILES string of the molecule is CCC(C)Oc1cccc(C(=O)Nc2ccccc2C(=O)NCCCOC)c1. The Hall–Kier alpha value is -2.86. The maximum Gasteiger partial charge on any atom is 0.255 e. The molecule has 0 heterocycles. The van der Waals surface area contributed by atoms with E-state index >= 15 is 0 Å². The quantitative estimate of drug-likeness (QED) is 0.610. The van der Waals surface area contributed by atoms with Crippen molar-refractivity contribution >= 4 is 17.5 Å². The Morgan fingerprint density at radius 2 is 1.86 bits per heavy atom. The van der Waals surface area contributed by atoms with Crippen LogP contribution < -0.4 is 15.4 Å². The van der Waals surface area contributed by atoms with Crippen LogP contribution in [0.1, 0.15) is 47.4 Å². The molecule has 0 aliphatic heterocycles. The lowest BCUT2D eigenvalue weighted by Gasteiger charge is -2.14. The Labute approximate surface area is 166 Å². The van der Waals surface area contributed by atoms with Crippen LogP contribution in [0.5, 0.6) is 5.75 Å². The zero-order valence-electron chi connectivity index (χ0n) is 16.7. The summed E-state index contributed by atoms with van der Waals surface area (Å²) >= 11 is 0. The van der Waals surface area contributed by atoms with Crippen LogP contribution in [0.2, 0.25) is 0 Å². The zero-order chi connectivity index (χ0) is 20.4. The van der Waals surface area contributed by atoms with Gasteiger partial charge in [0.05, 0.1) is 17.4 Å². The number of hydrogen-bond donors (Lipinski definition) is 2. The molecule has 0 spiro atoms. The highest BCUT2D eigenvalue weighted by Gasteiger charge is 2.14.